The fourth-order valence-electron chi connectivity index (χ4n) is 2.25. The van der Waals surface area contributed by atoms with Gasteiger partial charge in [-0.15, -0.1) is 0 Å². The zero-order valence-corrected chi connectivity index (χ0v) is 12.8. The van der Waals surface area contributed by atoms with Gasteiger partial charge in [-0.25, -0.2) is 4.98 Å². The van der Waals surface area contributed by atoms with Crippen LogP contribution >= 0.6 is 0 Å². The molecule has 0 atom stereocenters. The Balaban J connectivity index is 1.78. The van der Waals surface area contributed by atoms with Crippen LogP contribution in [0.1, 0.15) is 11.3 Å². The maximum absolute atomic E-state index is 12.2. The molecule has 0 radical (unpaired) electrons. The number of aromatic nitrogens is 2. The van der Waals surface area contributed by atoms with E-state index < -0.39 is 0 Å². The first-order valence-electron chi connectivity index (χ1n) is 6.98. The summed E-state index contributed by atoms with van der Waals surface area (Å²) >= 11 is 0. The van der Waals surface area contributed by atoms with Crippen molar-refractivity contribution in [3.05, 3.63) is 39.8 Å². The predicted molar refractivity (Wildman–Crippen MR) is 83.6 cm³/mol. The Morgan fingerprint density at radius 1 is 1.35 bits per heavy atom. The summed E-state index contributed by atoms with van der Waals surface area (Å²) < 4.78 is 11.6. The fraction of sp³-hybridized carbons (Fsp3) is 0.267. The van der Waals surface area contributed by atoms with E-state index in [1.54, 1.807) is 32.0 Å². The molecule has 8 heteroatoms. The summed E-state index contributed by atoms with van der Waals surface area (Å²) in [6.45, 7) is 3.29. The SMILES string of the molecule is Cc1nc(N)n(CC(=O)Nc2ccc3c(c2)OCO3)c(=O)c1C. The minimum atomic E-state index is -0.386. The van der Waals surface area contributed by atoms with Crippen molar-refractivity contribution in [1.29, 1.82) is 0 Å². The minimum Gasteiger partial charge on any atom is -0.454 e. The number of rotatable bonds is 3. The van der Waals surface area contributed by atoms with Crippen LogP contribution < -0.4 is 26.1 Å². The molecule has 0 aliphatic carbocycles. The maximum atomic E-state index is 12.2. The fourth-order valence-corrected chi connectivity index (χ4v) is 2.25. The number of ether oxygens (including phenoxy) is 2. The molecular formula is C15H16N4O4. The number of carbonyl (C=O) groups is 1. The van der Waals surface area contributed by atoms with Crippen LogP contribution in [0.25, 0.3) is 0 Å². The van der Waals surface area contributed by atoms with Gasteiger partial charge in [-0.1, -0.05) is 0 Å². The topological polar surface area (TPSA) is 108 Å². The smallest absolute Gasteiger partial charge is 0.258 e. The Labute approximate surface area is 131 Å². The van der Waals surface area contributed by atoms with E-state index in [-0.39, 0.29) is 30.8 Å². The highest BCUT2D eigenvalue weighted by Gasteiger charge is 2.16. The van der Waals surface area contributed by atoms with E-state index in [0.29, 0.717) is 28.4 Å². The number of nitrogens with two attached hydrogens (primary N) is 1. The molecule has 8 nitrogen and oxygen atoms in total. The quantitative estimate of drug-likeness (QED) is 0.867. The second-order valence-corrected chi connectivity index (χ2v) is 5.19. The van der Waals surface area contributed by atoms with Crippen LogP contribution in [0, 0.1) is 13.8 Å². The van der Waals surface area contributed by atoms with Crippen LogP contribution in [0.15, 0.2) is 23.0 Å². The number of anilines is 2. The van der Waals surface area contributed by atoms with Gasteiger partial charge in [0.15, 0.2) is 11.5 Å². The van der Waals surface area contributed by atoms with E-state index in [0.717, 1.165) is 4.57 Å². The third-order valence-electron chi connectivity index (χ3n) is 3.63. The second kappa shape index (κ2) is 5.64. The molecule has 0 fully saturated rings. The van der Waals surface area contributed by atoms with Gasteiger partial charge in [0.2, 0.25) is 18.6 Å². The highest BCUT2D eigenvalue weighted by atomic mass is 16.7. The van der Waals surface area contributed by atoms with Crippen LogP contribution in [0.4, 0.5) is 11.6 Å². The van der Waals surface area contributed by atoms with Gasteiger partial charge in [0.25, 0.3) is 5.56 Å². The molecule has 120 valence electrons. The number of nitrogen functional groups attached to an aromatic ring is 1. The standard InChI is InChI=1S/C15H16N4O4/c1-8-9(2)17-15(16)19(14(8)21)6-13(20)18-10-3-4-11-12(5-10)23-7-22-11/h3-5H,6-7H2,1-2H3,(H2,16,17)(H,18,20). The van der Waals surface area contributed by atoms with Crippen molar-refractivity contribution in [3.63, 3.8) is 0 Å². The predicted octanol–water partition coefficient (Wildman–Crippen LogP) is 0.810. The molecule has 0 saturated heterocycles. The average Bonchev–Trinajstić information content (AvgIpc) is 2.97. The number of hydrogen-bond acceptors (Lipinski definition) is 6. The molecular weight excluding hydrogens is 300 g/mol. The van der Waals surface area contributed by atoms with Crippen molar-refractivity contribution in [2.24, 2.45) is 0 Å². The Morgan fingerprint density at radius 2 is 2.09 bits per heavy atom. The summed E-state index contributed by atoms with van der Waals surface area (Å²) in [4.78, 5) is 28.4. The number of amides is 1. The van der Waals surface area contributed by atoms with Gasteiger partial charge in [0, 0.05) is 23.0 Å². The second-order valence-electron chi connectivity index (χ2n) is 5.19. The number of nitrogens with one attached hydrogen (secondary N) is 1. The molecule has 1 amide bonds. The first-order valence-corrected chi connectivity index (χ1v) is 6.98. The van der Waals surface area contributed by atoms with Gasteiger partial charge in [0.05, 0.1) is 0 Å². The third kappa shape index (κ3) is 2.83. The summed E-state index contributed by atoms with van der Waals surface area (Å²) in [6, 6.07) is 5.05. The van der Waals surface area contributed by atoms with Gasteiger partial charge in [-0.05, 0) is 26.0 Å². The average molecular weight is 316 g/mol. The van der Waals surface area contributed by atoms with Gasteiger partial charge >= 0.3 is 0 Å². The van der Waals surface area contributed by atoms with Gasteiger partial charge in [0.1, 0.15) is 6.54 Å². The molecule has 2 aromatic rings. The summed E-state index contributed by atoms with van der Waals surface area (Å²) in [7, 11) is 0. The molecule has 0 spiro atoms. The molecule has 1 aliphatic heterocycles. The molecule has 0 bridgehead atoms. The molecule has 2 heterocycles. The largest absolute Gasteiger partial charge is 0.454 e. The van der Waals surface area contributed by atoms with E-state index >= 15 is 0 Å². The molecule has 1 aromatic heterocycles. The number of fused-ring (bicyclic) bond motifs is 1. The van der Waals surface area contributed by atoms with Crippen molar-refractivity contribution in [2.45, 2.75) is 20.4 Å². The number of hydrogen-bond donors (Lipinski definition) is 2. The number of carbonyl (C=O) groups excluding carboxylic acids is 1. The van der Waals surface area contributed by atoms with E-state index in [1.165, 1.54) is 0 Å². The molecule has 1 aliphatic rings. The van der Waals surface area contributed by atoms with Crippen LogP contribution in [0.2, 0.25) is 0 Å². The summed E-state index contributed by atoms with van der Waals surface area (Å²) in [5, 5.41) is 2.69. The zero-order valence-electron chi connectivity index (χ0n) is 12.8. The molecule has 0 saturated carbocycles. The van der Waals surface area contributed by atoms with Crippen molar-refractivity contribution in [2.75, 3.05) is 17.8 Å². The third-order valence-corrected chi connectivity index (χ3v) is 3.63. The Bertz CT molecular complexity index is 844. The van der Waals surface area contributed by atoms with E-state index in [9.17, 15) is 9.59 Å². The molecule has 3 rings (SSSR count). The first kappa shape index (κ1) is 14.9. The normalized spacial score (nSPS) is 12.3. The Kier molecular flexibility index (Phi) is 3.65. The summed E-state index contributed by atoms with van der Waals surface area (Å²) in [5.74, 6) is 0.816. The molecule has 3 N–H and O–H groups in total. The monoisotopic (exact) mass is 316 g/mol. The van der Waals surface area contributed by atoms with Crippen LogP contribution in [0.5, 0.6) is 11.5 Å². The van der Waals surface area contributed by atoms with Crippen LogP contribution in [0.3, 0.4) is 0 Å². The van der Waals surface area contributed by atoms with Gasteiger partial charge in [-0.3, -0.25) is 14.2 Å². The van der Waals surface area contributed by atoms with E-state index in [4.69, 9.17) is 15.2 Å². The lowest BCUT2D eigenvalue weighted by atomic mass is 10.2. The van der Waals surface area contributed by atoms with Crippen LogP contribution in [-0.2, 0) is 11.3 Å². The minimum absolute atomic E-state index is 0.0129. The van der Waals surface area contributed by atoms with Gasteiger partial charge in [-0.2, -0.15) is 0 Å². The van der Waals surface area contributed by atoms with Crippen LogP contribution in [-0.4, -0.2) is 22.3 Å². The zero-order chi connectivity index (χ0) is 16.6. The van der Waals surface area contributed by atoms with E-state index in [2.05, 4.69) is 10.3 Å². The van der Waals surface area contributed by atoms with Crippen molar-refractivity contribution < 1.29 is 14.3 Å². The Hall–Kier alpha value is -3.03. The molecule has 23 heavy (non-hydrogen) atoms. The highest BCUT2D eigenvalue weighted by Crippen LogP contribution is 2.34. The summed E-state index contributed by atoms with van der Waals surface area (Å²) in [5.41, 5.74) is 6.99. The number of benzene rings is 1. The lowest BCUT2D eigenvalue weighted by molar-refractivity contribution is -0.116. The Morgan fingerprint density at radius 3 is 2.87 bits per heavy atom. The van der Waals surface area contributed by atoms with Crippen molar-refractivity contribution in [3.8, 4) is 11.5 Å². The number of aryl methyl sites for hydroxylation is 1. The molecule has 0 unspecified atom stereocenters. The highest BCUT2D eigenvalue weighted by molar-refractivity contribution is 5.91. The first-order chi connectivity index (χ1) is 11.0. The number of nitrogens with zero attached hydrogens (tertiary/aromatic N) is 2. The summed E-state index contributed by atoms with van der Waals surface area (Å²) in [6.07, 6.45) is 0. The molecule has 1 aromatic carbocycles. The lowest BCUT2D eigenvalue weighted by Gasteiger charge is -2.11. The van der Waals surface area contributed by atoms with Gasteiger partial charge < -0.3 is 20.5 Å². The van der Waals surface area contributed by atoms with Crippen molar-refractivity contribution in [1.82, 2.24) is 9.55 Å². The maximum Gasteiger partial charge on any atom is 0.258 e. The van der Waals surface area contributed by atoms with E-state index in [1.807, 2.05) is 0 Å². The van der Waals surface area contributed by atoms with Crippen molar-refractivity contribution >= 4 is 17.5 Å². The lowest BCUT2D eigenvalue weighted by Crippen LogP contribution is -2.32.